The molecule has 2 saturated heterocycles. The van der Waals surface area contributed by atoms with Gasteiger partial charge in [-0.05, 0) is 47.4 Å². The lowest BCUT2D eigenvalue weighted by Crippen LogP contribution is -2.49. The summed E-state index contributed by atoms with van der Waals surface area (Å²) >= 11 is 3.11. The first-order valence-corrected chi connectivity index (χ1v) is 7.30. The van der Waals surface area contributed by atoms with Crippen LogP contribution in [0.1, 0.15) is 23.2 Å². The minimum absolute atomic E-state index is 0.108. The molecule has 2 atom stereocenters. The molecule has 3 nitrogen and oxygen atoms in total. The van der Waals surface area contributed by atoms with E-state index in [0.29, 0.717) is 23.7 Å². The van der Waals surface area contributed by atoms with Crippen molar-refractivity contribution in [2.24, 2.45) is 0 Å². The molecule has 0 N–H and O–H groups in total. The highest BCUT2D eigenvalue weighted by molar-refractivity contribution is 9.10. The summed E-state index contributed by atoms with van der Waals surface area (Å²) in [5.41, 5.74) is 0.108. The average molecular weight is 328 g/mol. The fraction of sp³-hybridized carbons (Fsp3) is 0.500. The lowest BCUT2D eigenvalue weighted by Gasteiger charge is -2.34. The van der Waals surface area contributed by atoms with Gasteiger partial charge in [0, 0.05) is 12.6 Å². The smallest absolute Gasteiger partial charge is 0.195 e. The quantitative estimate of drug-likeness (QED) is 0.782. The van der Waals surface area contributed by atoms with Gasteiger partial charge in [0.2, 0.25) is 0 Å². The Morgan fingerprint density at radius 2 is 2.32 bits per heavy atom. The van der Waals surface area contributed by atoms with Gasteiger partial charge in [-0.2, -0.15) is 0 Å². The maximum Gasteiger partial charge on any atom is 0.195 e. The van der Waals surface area contributed by atoms with Gasteiger partial charge >= 0.3 is 0 Å². The molecule has 0 spiro atoms. The van der Waals surface area contributed by atoms with Gasteiger partial charge in [0.1, 0.15) is 11.9 Å². The standard InChI is InChI=1S/C14H15BrFNO2/c15-11-5-1-4-10(13(11)16)14(18)12-7-17-6-2-3-9(17)8-19-12/h1,4-5,9,12H,2-3,6-8H2. The molecule has 0 bridgehead atoms. The second kappa shape index (κ2) is 5.31. The summed E-state index contributed by atoms with van der Waals surface area (Å²) in [7, 11) is 0. The van der Waals surface area contributed by atoms with E-state index in [9.17, 15) is 9.18 Å². The van der Waals surface area contributed by atoms with Gasteiger partial charge in [-0.1, -0.05) is 6.07 Å². The number of ketones is 1. The number of nitrogens with zero attached hydrogens (tertiary/aromatic N) is 1. The summed E-state index contributed by atoms with van der Waals surface area (Å²) in [6.45, 7) is 2.17. The molecule has 0 aromatic heterocycles. The van der Waals surface area contributed by atoms with Crippen molar-refractivity contribution in [3.8, 4) is 0 Å². The molecule has 1 aromatic rings. The topological polar surface area (TPSA) is 29.5 Å². The number of fused-ring (bicyclic) bond motifs is 1. The first kappa shape index (κ1) is 13.2. The molecule has 2 aliphatic heterocycles. The minimum atomic E-state index is -0.543. The molecule has 1 aromatic carbocycles. The second-order valence-electron chi connectivity index (χ2n) is 5.08. The van der Waals surface area contributed by atoms with Crippen LogP contribution in [0.5, 0.6) is 0 Å². The van der Waals surface area contributed by atoms with Crippen molar-refractivity contribution < 1.29 is 13.9 Å². The van der Waals surface area contributed by atoms with E-state index in [-0.39, 0.29) is 11.3 Å². The molecule has 0 saturated carbocycles. The van der Waals surface area contributed by atoms with Gasteiger partial charge in [-0.25, -0.2) is 4.39 Å². The van der Waals surface area contributed by atoms with Crippen LogP contribution in [0.2, 0.25) is 0 Å². The van der Waals surface area contributed by atoms with E-state index in [1.165, 1.54) is 6.07 Å². The molecule has 19 heavy (non-hydrogen) atoms. The Kier molecular flexibility index (Phi) is 3.69. The lowest BCUT2D eigenvalue weighted by molar-refractivity contribution is -0.0346. The molecule has 0 aliphatic carbocycles. The number of rotatable bonds is 2. The van der Waals surface area contributed by atoms with Crippen LogP contribution in [-0.2, 0) is 4.74 Å². The minimum Gasteiger partial charge on any atom is -0.367 e. The van der Waals surface area contributed by atoms with Crippen LogP contribution in [0.25, 0.3) is 0 Å². The zero-order valence-electron chi connectivity index (χ0n) is 10.4. The van der Waals surface area contributed by atoms with Crippen LogP contribution in [-0.4, -0.2) is 42.5 Å². The van der Waals surface area contributed by atoms with E-state index >= 15 is 0 Å². The SMILES string of the molecule is O=C(c1cccc(Br)c1F)C1CN2CCCC2CO1. The van der Waals surface area contributed by atoms with Gasteiger partial charge in [0.25, 0.3) is 0 Å². The fourth-order valence-electron chi connectivity index (χ4n) is 2.84. The first-order chi connectivity index (χ1) is 9.16. The summed E-state index contributed by atoms with van der Waals surface area (Å²) in [5.74, 6) is -0.760. The summed E-state index contributed by atoms with van der Waals surface area (Å²) in [6.07, 6.45) is 1.74. The molecule has 102 valence electrons. The average Bonchev–Trinajstić information content (AvgIpc) is 2.88. The van der Waals surface area contributed by atoms with E-state index < -0.39 is 11.9 Å². The van der Waals surface area contributed by atoms with E-state index in [1.54, 1.807) is 12.1 Å². The maximum absolute atomic E-state index is 13.9. The van der Waals surface area contributed by atoms with Crippen molar-refractivity contribution in [1.82, 2.24) is 4.90 Å². The zero-order chi connectivity index (χ0) is 13.4. The third-order valence-corrected chi connectivity index (χ3v) is 4.51. The van der Waals surface area contributed by atoms with E-state index in [1.807, 2.05) is 0 Å². The Bertz CT molecular complexity index is 508. The molecule has 0 radical (unpaired) electrons. The molecule has 2 unspecified atom stereocenters. The lowest BCUT2D eigenvalue weighted by atomic mass is 10.0. The highest BCUT2D eigenvalue weighted by atomic mass is 79.9. The van der Waals surface area contributed by atoms with Crippen molar-refractivity contribution >= 4 is 21.7 Å². The molecular formula is C14H15BrFNO2. The van der Waals surface area contributed by atoms with Crippen LogP contribution >= 0.6 is 15.9 Å². The number of benzene rings is 1. The van der Waals surface area contributed by atoms with Gasteiger partial charge in [0.05, 0.1) is 16.6 Å². The number of ether oxygens (including phenoxy) is 1. The van der Waals surface area contributed by atoms with Crippen molar-refractivity contribution in [2.45, 2.75) is 25.0 Å². The Labute approximate surface area is 119 Å². The van der Waals surface area contributed by atoms with Gasteiger partial charge < -0.3 is 4.74 Å². The number of carbonyl (C=O) groups is 1. The highest BCUT2D eigenvalue weighted by Gasteiger charge is 2.36. The molecule has 0 amide bonds. The van der Waals surface area contributed by atoms with Gasteiger partial charge in [-0.3, -0.25) is 9.69 Å². The zero-order valence-corrected chi connectivity index (χ0v) is 12.0. The predicted octanol–water partition coefficient (Wildman–Crippen LogP) is 2.63. The number of hydrogen-bond acceptors (Lipinski definition) is 3. The molecule has 2 aliphatic rings. The first-order valence-electron chi connectivity index (χ1n) is 6.50. The molecule has 2 fully saturated rings. The van der Waals surface area contributed by atoms with Crippen LogP contribution in [0, 0.1) is 5.82 Å². The number of Topliss-reactive ketones (excluding diaryl/α,β-unsaturated/α-hetero) is 1. The number of morpholine rings is 1. The van der Waals surface area contributed by atoms with Crippen molar-refractivity contribution in [2.75, 3.05) is 19.7 Å². The van der Waals surface area contributed by atoms with Crippen molar-refractivity contribution in [3.63, 3.8) is 0 Å². The number of hydrogen-bond donors (Lipinski definition) is 0. The summed E-state index contributed by atoms with van der Waals surface area (Å²) in [6, 6.07) is 5.21. The fourth-order valence-corrected chi connectivity index (χ4v) is 3.21. The Morgan fingerprint density at radius 3 is 3.16 bits per heavy atom. The summed E-state index contributed by atoms with van der Waals surface area (Å²) < 4.78 is 19.9. The number of carbonyl (C=O) groups excluding carboxylic acids is 1. The Morgan fingerprint density at radius 1 is 1.47 bits per heavy atom. The van der Waals surface area contributed by atoms with Crippen LogP contribution in [0.4, 0.5) is 4.39 Å². The summed E-state index contributed by atoms with van der Waals surface area (Å²) in [4.78, 5) is 14.6. The van der Waals surface area contributed by atoms with Crippen LogP contribution < -0.4 is 0 Å². The van der Waals surface area contributed by atoms with Crippen LogP contribution in [0.15, 0.2) is 22.7 Å². The van der Waals surface area contributed by atoms with Crippen molar-refractivity contribution in [3.05, 3.63) is 34.1 Å². The molecule has 3 rings (SSSR count). The highest BCUT2D eigenvalue weighted by Crippen LogP contribution is 2.26. The molecule has 2 heterocycles. The largest absolute Gasteiger partial charge is 0.367 e. The normalized spacial score (nSPS) is 27.3. The molecular weight excluding hydrogens is 313 g/mol. The van der Waals surface area contributed by atoms with Crippen molar-refractivity contribution in [1.29, 1.82) is 0 Å². The third kappa shape index (κ3) is 2.47. The van der Waals surface area contributed by atoms with Crippen LogP contribution in [0.3, 0.4) is 0 Å². The molecule has 5 heteroatoms. The monoisotopic (exact) mass is 327 g/mol. The van der Waals surface area contributed by atoms with E-state index in [0.717, 1.165) is 19.4 Å². The maximum atomic E-state index is 13.9. The van der Waals surface area contributed by atoms with E-state index in [4.69, 9.17) is 4.74 Å². The summed E-state index contributed by atoms with van der Waals surface area (Å²) in [5, 5.41) is 0. The van der Waals surface area contributed by atoms with Gasteiger partial charge in [-0.15, -0.1) is 0 Å². The third-order valence-electron chi connectivity index (χ3n) is 3.90. The van der Waals surface area contributed by atoms with E-state index in [2.05, 4.69) is 20.8 Å². The Hall–Kier alpha value is -0.780. The second-order valence-corrected chi connectivity index (χ2v) is 5.93. The van der Waals surface area contributed by atoms with Gasteiger partial charge in [0.15, 0.2) is 5.78 Å². The predicted molar refractivity (Wildman–Crippen MR) is 72.8 cm³/mol. The number of halogens is 2. The Balaban J connectivity index is 1.79.